The largest absolute Gasteiger partial charge is 0.464 e. The van der Waals surface area contributed by atoms with E-state index in [1.165, 1.54) is 47.9 Å². The summed E-state index contributed by atoms with van der Waals surface area (Å²) in [7, 11) is -8.79. The van der Waals surface area contributed by atoms with Crippen LogP contribution in [0.4, 0.5) is 5.69 Å². The second kappa shape index (κ2) is 18.0. The monoisotopic (exact) mass is 933 g/mol. The number of hydrogen-bond acceptors (Lipinski definition) is 7. The smallest absolute Gasteiger partial charge is 0.302 e. The van der Waals surface area contributed by atoms with Crippen molar-refractivity contribution < 1.29 is 35.5 Å². The Morgan fingerprint density at radius 2 is 1.36 bits per heavy atom. The maximum atomic E-state index is 12.1. The minimum atomic E-state index is -4.41. The Labute approximate surface area is 394 Å². The van der Waals surface area contributed by atoms with Crippen LogP contribution in [0.15, 0.2) is 190 Å². The molecule has 0 spiro atoms. The third-order valence-electron chi connectivity index (χ3n) is 13.5. The molecule has 0 fully saturated rings. The zero-order valence-corrected chi connectivity index (χ0v) is 40.2. The van der Waals surface area contributed by atoms with Gasteiger partial charge >= 0.3 is 5.97 Å². The molecule has 0 atom stereocenters. The number of aryl methyl sites for hydroxylation is 1. The third-order valence-corrected chi connectivity index (χ3v) is 15.2. The van der Waals surface area contributed by atoms with Crippen LogP contribution in [0.25, 0.3) is 21.5 Å². The molecule has 0 radical (unpaired) electrons. The first-order valence-electron chi connectivity index (χ1n) is 22.3. The number of nitrogens with zero attached hydrogens (tertiary/aromatic N) is 1. The van der Waals surface area contributed by atoms with Gasteiger partial charge in [-0.25, -0.2) is 0 Å². The van der Waals surface area contributed by atoms with Gasteiger partial charge in [0.1, 0.15) is 6.61 Å². The molecule has 1 aliphatic heterocycles. The maximum Gasteiger partial charge on any atom is 0.302 e. The van der Waals surface area contributed by atoms with Crippen LogP contribution in [-0.2, 0) is 40.6 Å². The van der Waals surface area contributed by atoms with E-state index < -0.39 is 31.1 Å². The quantitative estimate of drug-likeness (QED) is 0.0658. The molecule has 0 saturated carbocycles. The summed E-state index contributed by atoms with van der Waals surface area (Å²) in [6, 6.07) is 38.1. The molecule has 11 heteroatoms. The fourth-order valence-electron chi connectivity index (χ4n) is 10.2. The van der Waals surface area contributed by atoms with Crippen molar-refractivity contribution in [1.29, 1.82) is 0 Å². The van der Waals surface area contributed by atoms with Crippen LogP contribution in [-0.4, -0.2) is 45.1 Å². The normalized spacial score (nSPS) is 16.6. The maximum absolute atomic E-state index is 12.1. The fraction of sp³-hybridized carbons (Fsp3) is 0.232. The van der Waals surface area contributed by atoms with Crippen molar-refractivity contribution in [3.63, 3.8) is 0 Å². The van der Waals surface area contributed by atoms with Gasteiger partial charge in [0.05, 0.1) is 16.3 Å². The first kappa shape index (κ1) is 47.1. The van der Waals surface area contributed by atoms with E-state index in [4.69, 9.17) is 4.74 Å². The Morgan fingerprint density at radius 1 is 0.791 bits per heavy atom. The Balaban J connectivity index is 1.27. The van der Waals surface area contributed by atoms with E-state index in [9.17, 15) is 30.7 Å². The molecule has 1 heterocycles. The summed E-state index contributed by atoms with van der Waals surface area (Å²) in [6.07, 6.45) is 10.3. The average molecular weight is 934 g/mol. The number of allylic oxidation sites excluding steroid dienone is 9. The molecule has 1 aliphatic carbocycles. The number of ether oxygens (including phenoxy) is 1. The molecule has 8 rings (SSSR count). The van der Waals surface area contributed by atoms with E-state index in [1.54, 1.807) is 12.1 Å². The van der Waals surface area contributed by atoms with Crippen LogP contribution in [0.5, 0.6) is 0 Å². The van der Waals surface area contributed by atoms with Gasteiger partial charge in [-0.15, -0.1) is 0 Å². The summed E-state index contributed by atoms with van der Waals surface area (Å²) in [6.45, 7) is 17.2. The van der Waals surface area contributed by atoms with Crippen molar-refractivity contribution in [3.05, 3.63) is 208 Å². The molecule has 2 aliphatic rings. The van der Waals surface area contributed by atoms with Gasteiger partial charge in [-0.1, -0.05) is 143 Å². The van der Waals surface area contributed by atoms with Crippen molar-refractivity contribution in [3.8, 4) is 0 Å². The molecule has 9 nitrogen and oxygen atoms in total. The number of hydrogen-bond donors (Lipinski definition) is 2. The number of carbonyl (C=O) groups excluding carboxylic acids is 1. The summed E-state index contributed by atoms with van der Waals surface area (Å²) in [5.74, 6) is -0.480. The molecule has 0 amide bonds. The molecule has 0 aromatic heterocycles. The highest BCUT2D eigenvalue weighted by molar-refractivity contribution is 7.86. The highest BCUT2D eigenvalue weighted by atomic mass is 32.2. The molecule has 6 aromatic carbocycles. The van der Waals surface area contributed by atoms with E-state index in [0.29, 0.717) is 17.3 Å². The molecular weight excluding hydrogens is 879 g/mol. The number of carbonyl (C=O) groups is 1. The highest BCUT2D eigenvalue weighted by Crippen LogP contribution is 2.52. The molecule has 6 aromatic rings. The van der Waals surface area contributed by atoms with E-state index in [1.807, 2.05) is 43.3 Å². The lowest BCUT2D eigenvalue weighted by Gasteiger charge is -2.30. The van der Waals surface area contributed by atoms with E-state index in [2.05, 4.69) is 112 Å². The Hall–Kier alpha value is -6.37. The van der Waals surface area contributed by atoms with Gasteiger partial charge in [0.25, 0.3) is 20.2 Å². The lowest BCUT2D eigenvalue weighted by atomic mass is 9.74. The van der Waals surface area contributed by atoms with Crippen molar-refractivity contribution in [1.82, 2.24) is 0 Å². The van der Waals surface area contributed by atoms with Gasteiger partial charge in [0, 0.05) is 35.1 Å². The summed E-state index contributed by atoms with van der Waals surface area (Å²) < 4.78 is 73.5. The van der Waals surface area contributed by atoms with E-state index in [0.717, 1.165) is 68.4 Å². The number of rotatable bonds is 13. The third kappa shape index (κ3) is 9.21. The zero-order chi connectivity index (χ0) is 48.1. The van der Waals surface area contributed by atoms with Gasteiger partial charge in [0.15, 0.2) is 0 Å². The predicted molar refractivity (Wildman–Crippen MR) is 268 cm³/mol. The SMILES string of the molecule is C=C(/C=C/C1=C(C(c2ccccc2)c2ccccc2)C(=C/C=C2/N(CCOC(C)=O)c3ccc4cc(S(=O)(=O)O)ccc4c3C2(C)C)/CC1)C(C)(C)c1c(C)ccc2cc(S(=O)(=O)O)ccc12. The molecule has 344 valence electrons. The van der Waals surface area contributed by atoms with Crippen LogP contribution in [0.1, 0.15) is 81.2 Å². The number of benzene rings is 6. The number of fused-ring (bicyclic) bond motifs is 4. The summed E-state index contributed by atoms with van der Waals surface area (Å²) in [5, 5.41) is 3.13. The first-order valence-corrected chi connectivity index (χ1v) is 25.1. The molecule has 2 N–H and O–H groups in total. The summed E-state index contributed by atoms with van der Waals surface area (Å²) in [4.78, 5) is 13.8. The van der Waals surface area contributed by atoms with Crippen LogP contribution in [0, 0.1) is 6.92 Å². The van der Waals surface area contributed by atoms with Gasteiger partial charge in [-0.2, -0.15) is 16.8 Å². The Bertz CT molecular complexity index is 3290. The van der Waals surface area contributed by atoms with E-state index in [-0.39, 0.29) is 28.3 Å². The first-order chi connectivity index (χ1) is 31.7. The lowest BCUT2D eigenvalue weighted by molar-refractivity contribution is -0.140. The lowest BCUT2D eigenvalue weighted by Crippen LogP contribution is -2.29. The van der Waals surface area contributed by atoms with Crippen LogP contribution >= 0.6 is 0 Å². The number of esters is 1. The number of anilines is 1. The van der Waals surface area contributed by atoms with Crippen LogP contribution < -0.4 is 4.90 Å². The summed E-state index contributed by atoms with van der Waals surface area (Å²) in [5.41, 5.74) is 10.5. The van der Waals surface area contributed by atoms with Gasteiger partial charge in [-0.3, -0.25) is 13.9 Å². The molecule has 0 saturated heterocycles. The van der Waals surface area contributed by atoms with Crippen molar-refractivity contribution in [2.24, 2.45) is 0 Å². The Morgan fingerprint density at radius 3 is 1.94 bits per heavy atom. The fourth-order valence-corrected chi connectivity index (χ4v) is 11.2. The molecular formula is C56H55NO8S2. The Kier molecular flexibility index (Phi) is 12.7. The standard InChI is InChI=1S/C56H55NO8S2/c1-36-18-20-43-34-45(66(59,60)61)26-28-47(43)53(36)55(4,5)37(2)19-21-41-22-23-42(52(41)51(39-14-10-8-11-15-39)40-16-12-9-13-17-40)25-31-50-56(6,7)54-48-29-27-46(67(62,63)64)35-44(48)24-30-49(54)57(50)32-33-65-38(3)58/h8-21,24-31,34-35,51H,2,22-23,32-33H2,1,3-7H3,(H,59,60,61)(H,62,63,64)/b21-19+,42-25+,50-31+. The van der Waals surface area contributed by atoms with E-state index >= 15 is 0 Å². The molecule has 0 unspecified atom stereocenters. The minimum Gasteiger partial charge on any atom is -0.464 e. The molecule has 67 heavy (non-hydrogen) atoms. The highest BCUT2D eigenvalue weighted by Gasteiger charge is 2.41. The van der Waals surface area contributed by atoms with Gasteiger partial charge < -0.3 is 9.64 Å². The van der Waals surface area contributed by atoms with Crippen LogP contribution in [0.2, 0.25) is 0 Å². The predicted octanol–water partition coefficient (Wildman–Crippen LogP) is 12.3. The topological polar surface area (TPSA) is 138 Å². The van der Waals surface area contributed by atoms with Gasteiger partial charge in [-0.05, 0) is 128 Å². The minimum absolute atomic E-state index is 0.109. The summed E-state index contributed by atoms with van der Waals surface area (Å²) >= 11 is 0. The van der Waals surface area contributed by atoms with Crippen molar-refractivity contribution in [2.45, 2.75) is 80.9 Å². The van der Waals surface area contributed by atoms with Crippen molar-refractivity contribution in [2.75, 3.05) is 18.1 Å². The second-order valence-electron chi connectivity index (χ2n) is 18.5. The van der Waals surface area contributed by atoms with Gasteiger partial charge in [0.2, 0.25) is 0 Å². The van der Waals surface area contributed by atoms with Crippen LogP contribution in [0.3, 0.4) is 0 Å². The van der Waals surface area contributed by atoms with Crippen molar-refractivity contribution >= 4 is 53.4 Å². The second-order valence-corrected chi connectivity index (χ2v) is 21.3. The average Bonchev–Trinajstić information content (AvgIpc) is 3.77. The zero-order valence-electron chi connectivity index (χ0n) is 38.6. The molecule has 0 bridgehead atoms.